The van der Waals surface area contributed by atoms with Crippen molar-refractivity contribution < 1.29 is 0 Å². The third kappa shape index (κ3) is 2.97. The zero-order valence-corrected chi connectivity index (χ0v) is 10.4. The van der Waals surface area contributed by atoms with Crippen LogP contribution in [0, 0.1) is 0 Å². The summed E-state index contributed by atoms with van der Waals surface area (Å²) in [6.45, 7) is 4.39. The number of benzene rings is 1. The molecule has 0 bridgehead atoms. The number of hydrogen-bond acceptors (Lipinski definition) is 2. The highest BCUT2D eigenvalue weighted by Crippen LogP contribution is 2.23. The molecule has 0 aliphatic carbocycles. The lowest BCUT2D eigenvalue weighted by atomic mass is 10.0. The molecule has 0 radical (unpaired) electrons. The van der Waals surface area contributed by atoms with Crippen LogP contribution in [0.3, 0.4) is 0 Å². The predicted octanol–water partition coefficient (Wildman–Crippen LogP) is 2.74. The summed E-state index contributed by atoms with van der Waals surface area (Å²) in [5.41, 5.74) is 1.19. The predicted molar refractivity (Wildman–Crippen MR) is 68.9 cm³/mol. The standard InChI is InChI=1S/C13H19ClN2/c1-10(12-6-2-3-7-13(12)14)16-11-5-4-8-15-9-11/h2-3,6-7,10-11,15-16H,4-5,8-9H2,1H3/t10-,11?/m0/s1. The van der Waals surface area contributed by atoms with E-state index in [2.05, 4.69) is 23.6 Å². The van der Waals surface area contributed by atoms with Crippen molar-refractivity contribution in [3.8, 4) is 0 Å². The van der Waals surface area contributed by atoms with Gasteiger partial charge in [0.1, 0.15) is 0 Å². The molecule has 16 heavy (non-hydrogen) atoms. The van der Waals surface area contributed by atoms with Gasteiger partial charge in [-0.05, 0) is 37.9 Å². The number of piperidine rings is 1. The van der Waals surface area contributed by atoms with E-state index in [9.17, 15) is 0 Å². The second-order valence-electron chi connectivity index (χ2n) is 4.45. The van der Waals surface area contributed by atoms with E-state index in [4.69, 9.17) is 11.6 Å². The van der Waals surface area contributed by atoms with Gasteiger partial charge in [0.05, 0.1) is 0 Å². The van der Waals surface area contributed by atoms with E-state index in [-0.39, 0.29) is 0 Å². The summed E-state index contributed by atoms with van der Waals surface area (Å²) in [5.74, 6) is 0. The summed E-state index contributed by atoms with van der Waals surface area (Å²) >= 11 is 6.18. The van der Waals surface area contributed by atoms with E-state index < -0.39 is 0 Å². The van der Waals surface area contributed by atoms with E-state index in [1.165, 1.54) is 18.4 Å². The van der Waals surface area contributed by atoms with Gasteiger partial charge in [0.2, 0.25) is 0 Å². The van der Waals surface area contributed by atoms with Gasteiger partial charge in [-0.3, -0.25) is 0 Å². The average Bonchev–Trinajstić information content (AvgIpc) is 2.31. The van der Waals surface area contributed by atoms with Crippen LogP contribution in [0.4, 0.5) is 0 Å². The maximum Gasteiger partial charge on any atom is 0.0453 e. The molecule has 0 saturated carbocycles. The summed E-state index contributed by atoms with van der Waals surface area (Å²) < 4.78 is 0. The highest BCUT2D eigenvalue weighted by Gasteiger charge is 2.16. The minimum absolute atomic E-state index is 0.318. The normalized spacial score (nSPS) is 23.0. The van der Waals surface area contributed by atoms with Crippen molar-refractivity contribution in [1.29, 1.82) is 0 Å². The van der Waals surface area contributed by atoms with Crippen LogP contribution in [0.5, 0.6) is 0 Å². The summed E-state index contributed by atoms with van der Waals surface area (Å²) in [4.78, 5) is 0. The molecular formula is C13H19ClN2. The van der Waals surface area contributed by atoms with Crippen LogP contribution in [0.15, 0.2) is 24.3 Å². The van der Waals surface area contributed by atoms with Crippen molar-refractivity contribution in [2.75, 3.05) is 13.1 Å². The quantitative estimate of drug-likeness (QED) is 0.846. The molecule has 0 spiro atoms. The topological polar surface area (TPSA) is 24.1 Å². The molecule has 0 aromatic heterocycles. The van der Waals surface area contributed by atoms with Crippen molar-refractivity contribution in [3.63, 3.8) is 0 Å². The van der Waals surface area contributed by atoms with Gasteiger partial charge in [0.25, 0.3) is 0 Å². The molecule has 2 nitrogen and oxygen atoms in total. The van der Waals surface area contributed by atoms with Crippen molar-refractivity contribution in [2.24, 2.45) is 0 Å². The van der Waals surface area contributed by atoms with Gasteiger partial charge >= 0.3 is 0 Å². The summed E-state index contributed by atoms with van der Waals surface area (Å²) in [6.07, 6.45) is 2.51. The van der Waals surface area contributed by atoms with E-state index in [0.717, 1.165) is 18.1 Å². The molecule has 2 N–H and O–H groups in total. The zero-order chi connectivity index (χ0) is 11.4. The van der Waals surface area contributed by atoms with Crippen LogP contribution >= 0.6 is 11.6 Å². The Morgan fingerprint density at radius 1 is 1.44 bits per heavy atom. The van der Waals surface area contributed by atoms with Gasteiger partial charge in [-0.2, -0.15) is 0 Å². The minimum atomic E-state index is 0.318. The summed E-state index contributed by atoms with van der Waals surface area (Å²) in [6, 6.07) is 8.95. The van der Waals surface area contributed by atoms with Crippen LogP contribution < -0.4 is 10.6 Å². The maximum absolute atomic E-state index is 6.18. The van der Waals surface area contributed by atoms with E-state index in [1.54, 1.807) is 0 Å². The monoisotopic (exact) mass is 238 g/mol. The Hall–Kier alpha value is -0.570. The highest BCUT2D eigenvalue weighted by atomic mass is 35.5. The molecule has 0 amide bonds. The Morgan fingerprint density at radius 3 is 2.94 bits per heavy atom. The minimum Gasteiger partial charge on any atom is -0.315 e. The molecule has 3 heteroatoms. The fourth-order valence-electron chi connectivity index (χ4n) is 2.26. The van der Waals surface area contributed by atoms with Crippen molar-refractivity contribution in [3.05, 3.63) is 34.9 Å². The van der Waals surface area contributed by atoms with E-state index in [1.807, 2.05) is 18.2 Å². The molecule has 1 fully saturated rings. The second kappa shape index (κ2) is 5.67. The Bertz CT molecular complexity index is 334. The fourth-order valence-corrected chi connectivity index (χ4v) is 2.56. The Morgan fingerprint density at radius 2 is 2.25 bits per heavy atom. The molecule has 1 aromatic rings. The average molecular weight is 239 g/mol. The molecule has 2 atom stereocenters. The molecule has 1 heterocycles. The maximum atomic E-state index is 6.18. The lowest BCUT2D eigenvalue weighted by Crippen LogP contribution is -2.43. The smallest absolute Gasteiger partial charge is 0.0453 e. The van der Waals surface area contributed by atoms with Gasteiger partial charge < -0.3 is 10.6 Å². The molecule has 1 unspecified atom stereocenters. The van der Waals surface area contributed by atoms with Crippen molar-refractivity contribution >= 4 is 11.6 Å². The lowest BCUT2D eigenvalue weighted by Gasteiger charge is -2.27. The van der Waals surface area contributed by atoms with Gasteiger partial charge in [-0.1, -0.05) is 29.8 Å². The van der Waals surface area contributed by atoms with Crippen LogP contribution in [-0.2, 0) is 0 Å². The Kier molecular flexibility index (Phi) is 4.22. The molecular weight excluding hydrogens is 220 g/mol. The summed E-state index contributed by atoms with van der Waals surface area (Å²) in [5, 5.41) is 7.89. The first-order valence-electron chi connectivity index (χ1n) is 5.98. The van der Waals surface area contributed by atoms with E-state index in [0.29, 0.717) is 12.1 Å². The first kappa shape index (κ1) is 11.9. The SMILES string of the molecule is C[C@H](NC1CCCNC1)c1ccccc1Cl. The van der Waals surface area contributed by atoms with Crippen molar-refractivity contribution in [2.45, 2.75) is 31.8 Å². The molecule has 1 aliphatic heterocycles. The number of halogens is 1. The highest BCUT2D eigenvalue weighted by molar-refractivity contribution is 6.31. The lowest BCUT2D eigenvalue weighted by molar-refractivity contribution is 0.362. The largest absolute Gasteiger partial charge is 0.315 e. The number of nitrogens with one attached hydrogen (secondary N) is 2. The first-order valence-corrected chi connectivity index (χ1v) is 6.36. The van der Waals surface area contributed by atoms with E-state index >= 15 is 0 Å². The summed E-state index contributed by atoms with van der Waals surface area (Å²) in [7, 11) is 0. The van der Waals surface area contributed by atoms with Crippen LogP contribution in [0.2, 0.25) is 5.02 Å². The van der Waals surface area contributed by atoms with Crippen LogP contribution in [0.1, 0.15) is 31.4 Å². The second-order valence-corrected chi connectivity index (χ2v) is 4.86. The Balaban J connectivity index is 1.96. The van der Waals surface area contributed by atoms with Crippen LogP contribution in [0.25, 0.3) is 0 Å². The van der Waals surface area contributed by atoms with Gasteiger partial charge in [-0.15, -0.1) is 0 Å². The zero-order valence-electron chi connectivity index (χ0n) is 9.67. The van der Waals surface area contributed by atoms with Gasteiger partial charge in [0, 0.05) is 23.7 Å². The third-order valence-corrected chi connectivity index (χ3v) is 3.50. The Labute approximate surface area is 102 Å². The molecule has 1 saturated heterocycles. The number of rotatable bonds is 3. The van der Waals surface area contributed by atoms with Gasteiger partial charge in [0.15, 0.2) is 0 Å². The fraction of sp³-hybridized carbons (Fsp3) is 0.538. The molecule has 2 rings (SSSR count). The third-order valence-electron chi connectivity index (χ3n) is 3.15. The molecule has 1 aliphatic rings. The van der Waals surface area contributed by atoms with Crippen molar-refractivity contribution in [1.82, 2.24) is 10.6 Å². The molecule has 1 aromatic carbocycles. The molecule has 88 valence electrons. The first-order chi connectivity index (χ1) is 7.77. The van der Waals surface area contributed by atoms with Gasteiger partial charge in [-0.25, -0.2) is 0 Å². The number of hydrogen-bond donors (Lipinski definition) is 2. The van der Waals surface area contributed by atoms with Crippen LogP contribution in [-0.4, -0.2) is 19.1 Å².